The molecule has 0 spiro atoms. The van der Waals surface area contributed by atoms with Crippen molar-refractivity contribution in [3.63, 3.8) is 0 Å². The van der Waals surface area contributed by atoms with Crippen LogP contribution in [-0.4, -0.2) is 119 Å². The summed E-state index contributed by atoms with van der Waals surface area (Å²) in [5.41, 5.74) is -1.63. The van der Waals surface area contributed by atoms with Crippen molar-refractivity contribution in [2.24, 2.45) is 0 Å². The van der Waals surface area contributed by atoms with Gasteiger partial charge in [0.2, 0.25) is 17.6 Å². The van der Waals surface area contributed by atoms with E-state index in [0.717, 1.165) is 7.11 Å². The van der Waals surface area contributed by atoms with E-state index < -0.39 is 77.6 Å². The van der Waals surface area contributed by atoms with Crippen LogP contribution in [0, 0.1) is 0 Å². The lowest BCUT2D eigenvalue weighted by molar-refractivity contribution is -0.157. The molecule has 0 aromatic rings. The van der Waals surface area contributed by atoms with Gasteiger partial charge in [-0.2, -0.15) is 0 Å². The van der Waals surface area contributed by atoms with Crippen molar-refractivity contribution >= 4 is 35.7 Å². The minimum absolute atomic E-state index is 0.0144. The van der Waals surface area contributed by atoms with Crippen molar-refractivity contribution in [3.05, 3.63) is 22.3 Å². The second-order valence-electron chi connectivity index (χ2n) is 10.5. The Morgan fingerprint density at radius 1 is 0.698 bits per heavy atom. The third-order valence-electron chi connectivity index (χ3n) is 8.12. The molecule has 3 fully saturated rings. The highest BCUT2D eigenvalue weighted by Crippen LogP contribution is 2.58. The molecule has 43 heavy (non-hydrogen) atoms. The largest absolute Gasteiger partial charge is 0.466 e. The Balaban J connectivity index is 1.15. The summed E-state index contributed by atoms with van der Waals surface area (Å²) in [5, 5.41) is 5.32. The lowest BCUT2D eigenvalue weighted by Crippen LogP contribution is -2.49. The van der Waals surface area contributed by atoms with Gasteiger partial charge in [0.05, 0.1) is 64.4 Å². The number of hydrogen-bond acceptors (Lipinski definition) is 14. The van der Waals surface area contributed by atoms with E-state index in [0.29, 0.717) is 0 Å². The molecule has 234 valence electrons. The van der Waals surface area contributed by atoms with Gasteiger partial charge in [0.15, 0.2) is 0 Å². The van der Waals surface area contributed by atoms with Crippen LogP contribution in [0.1, 0.15) is 26.2 Å². The van der Waals surface area contributed by atoms with Gasteiger partial charge < -0.3 is 48.5 Å². The van der Waals surface area contributed by atoms with Crippen LogP contribution < -0.4 is 10.6 Å². The number of methoxy groups -OCH3 is 4. The molecule has 0 aromatic carbocycles. The molecule has 5 heterocycles. The predicted molar refractivity (Wildman–Crippen MR) is 136 cm³/mol. The number of carbonyl (C=O) groups is 6. The topological polar surface area (TPSA) is 204 Å². The van der Waals surface area contributed by atoms with E-state index in [1.54, 1.807) is 6.92 Å². The van der Waals surface area contributed by atoms with Gasteiger partial charge in [-0.1, -0.05) is 0 Å². The fourth-order valence-corrected chi connectivity index (χ4v) is 6.18. The number of epoxide rings is 1. The molecule has 0 radical (unpaired) electrons. The number of nitrogens with one attached hydrogen (secondary N) is 2. The SMILES string of the molecule is COC(=O)C1=C(C(=O)OC)C2(CNC(=O)CCCC(=O)NCC34OC(C(C(=O)OC)=C3C(=O)OC)C3OC34)OC(C)C1O2. The molecule has 4 bridgehead atoms. The van der Waals surface area contributed by atoms with Crippen molar-refractivity contribution in [2.75, 3.05) is 41.5 Å². The van der Waals surface area contributed by atoms with E-state index in [2.05, 4.69) is 10.6 Å². The first kappa shape index (κ1) is 30.6. The summed E-state index contributed by atoms with van der Waals surface area (Å²) in [7, 11) is 4.65. The molecular formula is C27H32N2O14. The van der Waals surface area contributed by atoms with E-state index in [9.17, 15) is 28.8 Å². The van der Waals surface area contributed by atoms with Gasteiger partial charge >= 0.3 is 23.9 Å². The molecule has 16 nitrogen and oxygen atoms in total. The Labute approximate surface area is 245 Å². The van der Waals surface area contributed by atoms with Crippen molar-refractivity contribution in [3.8, 4) is 0 Å². The summed E-state index contributed by atoms with van der Waals surface area (Å²) in [6, 6.07) is 0. The first-order valence-electron chi connectivity index (χ1n) is 13.5. The maximum Gasteiger partial charge on any atom is 0.339 e. The van der Waals surface area contributed by atoms with Gasteiger partial charge in [0.1, 0.15) is 35.6 Å². The van der Waals surface area contributed by atoms with Gasteiger partial charge in [-0.25, -0.2) is 19.2 Å². The molecule has 0 aliphatic carbocycles. The van der Waals surface area contributed by atoms with E-state index in [1.807, 2.05) is 0 Å². The first-order chi connectivity index (χ1) is 20.5. The standard InChI is InChI=1S/C27H32N2O14/c1-11-18-15(23(33)37-3)17(25(35)39-5)27(41-11,43-18)10-29-13(31)8-6-7-12(30)28-9-26-16(24(34)38-4)14(22(32)36-2)19(42-26)20-21(26)40-20/h11,18-21H,6-10H2,1-5H3,(H,28,30)(H,29,31). The minimum Gasteiger partial charge on any atom is -0.466 e. The maximum absolute atomic E-state index is 12.7. The Morgan fingerprint density at radius 3 is 1.81 bits per heavy atom. The van der Waals surface area contributed by atoms with Crippen molar-refractivity contribution in [1.82, 2.24) is 10.6 Å². The number of esters is 4. The Morgan fingerprint density at radius 2 is 1.23 bits per heavy atom. The van der Waals surface area contributed by atoms with E-state index in [1.165, 1.54) is 21.3 Å². The summed E-state index contributed by atoms with van der Waals surface area (Å²) in [6.07, 6.45) is -3.24. The molecule has 0 aromatic heterocycles. The zero-order chi connectivity index (χ0) is 31.3. The van der Waals surface area contributed by atoms with Gasteiger partial charge in [0.25, 0.3) is 0 Å². The summed E-state index contributed by atoms with van der Waals surface area (Å²) < 4.78 is 42.6. The lowest BCUT2D eigenvalue weighted by atomic mass is 9.81. The van der Waals surface area contributed by atoms with Gasteiger partial charge in [-0.3, -0.25) is 9.59 Å². The quantitative estimate of drug-likeness (QED) is 0.141. The number of rotatable bonds is 12. The Hall–Kier alpha value is -3.86. The van der Waals surface area contributed by atoms with Crippen LogP contribution in [0.4, 0.5) is 0 Å². The highest BCUT2D eigenvalue weighted by Gasteiger charge is 2.76. The van der Waals surface area contributed by atoms with Crippen LogP contribution in [0.3, 0.4) is 0 Å². The Bertz CT molecular complexity index is 1340. The molecule has 2 N–H and O–H groups in total. The normalized spacial score (nSPS) is 32.7. The smallest absolute Gasteiger partial charge is 0.339 e. The van der Waals surface area contributed by atoms with Crippen LogP contribution in [-0.2, 0) is 66.7 Å². The third-order valence-corrected chi connectivity index (χ3v) is 8.12. The van der Waals surface area contributed by atoms with Crippen molar-refractivity contribution < 1.29 is 66.7 Å². The fraction of sp³-hybridized carbons (Fsp3) is 0.630. The van der Waals surface area contributed by atoms with Gasteiger partial charge in [0, 0.05) is 12.8 Å². The second-order valence-corrected chi connectivity index (χ2v) is 10.5. The van der Waals surface area contributed by atoms with E-state index in [-0.39, 0.29) is 54.6 Å². The monoisotopic (exact) mass is 608 g/mol. The highest BCUT2D eigenvalue weighted by molar-refractivity contribution is 6.05. The molecule has 16 heteroatoms. The molecule has 0 saturated carbocycles. The number of ether oxygens (including phenoxy) is 8. The summed E-state index contributed by atoms with van der Waals surface area (Å²) in [4.78, 5) is 75.2. The van der Waals surface area contributed by atoms with E-state index >= 15 is 0 Å². The highest BCUT2D eigenvalue weighted by atomic mass is 16.8. The molecule has 3 saturated heterocycles. The number of fused-ring (bicyclic) bond motifs is 7. The third kappa shape index (κ3) is 4.87. The molecule has 7 unspecified atom stereocenters. The summed E-state index contributed by atoms with van der Waals surface area (Å²) in [6.45, 7) is 1.20. The van der Waals surface area contributed by atoms with Crippen LogP contribution in [0.25, 0.3) is 0 Å². The molecular weight excluding hydrogens is 576 g/mol. The predicted octanol–water partition coefficient (Wildman–Crippen LogP) is -1.89. The second kappa shape index (κ2) is 11.3. The van der Waals surface area contributed by atoms with Crippen LogP contribution in [0.15, 0.2) is 22.3 Å². The Kier molecular flexibility index (Phi) is 8.06. The molecule has 2 amide bonds. The lowest BCUT2D eigenvalue weighted by Gasteiger charge is -2.29. The minimum atomic E-state index is -1.73. The fourth-order valence-electron chi connectivity index (χ4n) is 6.18. The van der Waals surface area contributed by atoms with Crippen LogP contribution in [0.5, 0.6) is 0 Å². The number of amides is 2. The average Bonchev–Trinajstić information content (AvgIpc) is 3.38. The van der Waals surface area contributed by atoms with Gasteiger partial charge in [-0.05, 0) is 13.3 Å². The summed E-state index contributed by atoms with van der Waals surface area (Å²) >= 11 is 0. The molecule has 7 atom stereocenters. The van der Waals surface area contributed by atoms with E-state index in [4.69, 9.17) is 37.9 Å². The maximum atomic E-state index is 12.7. The number of carbonyl (C=O) groups excluding carboxylic acids is 6. The van der Waals surface area contributed by atoms with Crippen LogP contribution >= 0.6 is 0 Å². The van der Waals surface area contributed by atoms with Crippen molar-refractivity contribution in [1.29, 1.82) is 0 Å². The molecule has 5 aliphatic rings. The van der Waals surface area contributed by atoms with Crippen molar-refractivity contribution in [2.45, 2.75) is 68.1 Å². The van der Waals surface area contributed by atoms with Gasteiger partial charge in [-0.15, -0.1) is 0 Å². The first-order valence-corrected chi connectivity index (χ1v) is 13.5. The number of hydrogen-bond donors (Lipinski definition) is 2. The van der Waals surface area contributed by atoms with Crippen LogP contribution in [0.2, 0.25) is 0 Å². The average molecular weight is 609 g/mol. The zero-order valence-electron chi connectivity index (χ0n) is 24.1. The zero-order valence-corrected chi connectivity index (χ0v) is 24.1. The molecule has 5 aliphatic heterocycles. The summed E-state index contributed by atoms with van der Waals surface area (Å²) in [5.74, 6) is -5.79. The molecule has 5 rings (SSSR count).